The molecule has 1 saturated heterocycles. The van der Waals surface area contributed by atoms with Crippen molar-refractivity contribution in [3.63, 3.8) is 0 Å². The molecule has 0 bridgehead atoms. The first-order chi connectivity index (χ1) is 8.56. The van der Waals surface area contributed by atoms with Crippen LogP contribution in [0.4, 0.5) is 0 Å². The highest BCUT2D eigenvalue weighted by Crippen LogP contribution is 2.19. The lowest BCUT2D eigenvalue weighted by Gasteiger charge is -2.30. The number of benzene rings is 1. The van der Waals surface area contributed by atoms with Crippen molar-refractivity contribution >= 4 is 41.5 Å². The number of rotatable bonds is 2. The second-order valence-corrected chi connectivity index (χ2v) is 5.58. The Balaban J connectivity index is 0.00000180. The van der Waals surface area contributed by atoms with Gasteiger partial charge >= 0.3 is 0 Å². The van der Waals surface area contributed by atoms with Crippen LogP contribution in [-0.2, 0) is 0 Å². The third-order valence-corrected chi connectivity index (χ3v) is 3.66. The molecule has 0 aromatic heterocycles. The fraction of sp³-hybridized carbons (Fsp3) is 0.462. The monoisotopic (exact) mass is 322 g/mol. The lowest BCUT2D eigenvalue weighted by molar-refractivity contribution is 0.0914. The Morgan fingerprint density at radius 1 is 1.32 bits per heavy atom. The zero-order valence-corrected chi connectivity index (χ0v) is 12.9. The number of carbonyl (C=O) groups is 1. The maximum atomic E-state index is 12.1. The van der Waals surface area contributed by atoms with Crippen molar-refractivity contribution in [3.05, 3.63) is 33.8 Å². The van der Waals surface area contributed by atoms with Gasteiger partial charge in [-0.2, -0.15) is 0 Å². The van der Waals surface area contributed by atoms with Crippen molar-refractivity contribution in [3.8, 4) is 0 Å². The van der Waals surface area contributed by atoms with E-state index in [-0.39, 0.29) is 24.4 Å². The molecule has 1 fully saturated rings. The second kappa shape index (κ2) is 7.34. The Labute approximate surface area is 129 Å². The molecule has 1 heterocycles. The summed E-state index contributed by atoms with van der Waals surface area (Å²) < 4.78 is 0. The van der Waals surface area contributed by atoms with E-state index < -0.39 is 0 Å². The minimum absolute atomic E-state index is 0. The summed E-state index contributed by atoms with van der Waals surface area (Å²) in [7, 11) is 0. The van der Waals surface area contributed by atoms with Crippen molar-refractivity contribution < 1.29 is 4.79 Å². The molecular weight excluding hydrogens is 307 g/mol. The van der Waals surface area contributed by atoms with E-state index in [1.165, 1.54) is 0 Å². The van der Waals surface area contributed by atoms with Gasteiger partial charge in [-0.25, -0.2) is 0 Å². The number of carbonyl (C=O) groups excluding carboxylic acids is 1. The molecule has 0 radical (unpaired) electrons. The maximum absolute atomic E-state index is 12.1. The highest BCUT2D eigenvalue weighted by molar-refractivity contribution is 6.35. The molecule has 0 saturated carbocycles. The van der Waals surface area contributed by atoms with Crippen LogP contribution in [0, 0.1) is 5.92 Å². The van der Waals surface area contributed by atoms with E-state index in [9.17, 15) is 4.79 Å². The number of piperidine rings is 1. The minimum atomic E-state index is -0.113. The van der Waals surface area contributed by atoms with Gasteiger partial charge < -0.3 is 10.6 Å². The first kappa shape index (κ1) is 16.6. The lowest BCUT2D eigenvalue weighted by atomic mass is 9.95. The molecule has 2 rings (SSSR count). The van der Waals surface area contributed by atoms with Crippen LogP contribution in [0.25, 0.3) is 0 Å². The number of amides is 1. The Morgan fingerprint density at radius 3 is 2.53 bits per heavy atom. The number of halogens is 3. The molecule has 1 amide bonds. The first-order valence-electron chi connectivity index (χ1n) is 6.04. The Kier molecular flexibility index (Phi) is 6.40. The van der Waals surface area contributed by atoms with Crippen molar-refractivity contribution in [2.75, 3.05) is 13.1 Å². The number of hydrogen-bond donors (Lipinski definition) is 2. The molecule has 3 nitrogen and oxygen atoms in total. The van der Waals surface area contributed by atoms with Crippen LogP contribution in [0.1, 0.15) is 23.7 Å². The molecule has 0 aliphatic carbocycles. The van der Waals surface area contributed by atoms with Crippen LogP contribution in [0.5, 0.6) is 0 Å². The molecule has 19 heavy (non-hydrogen) atoms. The molecule has 1 aromatic carbocycles. The smallest absolute Gasteiger partial charge is 0.251 e. The highest BCUT2D eigenvalue weighted by atomic mass is 35.5. The summed E-state index contributed by atoms with van der Waals surface area (Å²) in [4.78, 5) is 12.1. The van der Waals surface area contributed by atoms with Gasteiger partial charge in [0.15, 0.2) is 0 Å². The third kappa shape index (κ3) is 4.53. The molecule has 1 aliphatic heterocycles. The number of nitrogens with one attached hydrogen (secondary N) is 2. The SMILES string of the molecule is CC1CNCCC1NC(=O)c1cc(Cl)cc(Cl)c1.Cl. The Hall–Kier alpha value is -0.480. The molecule has 1 aromatic rings. The van der Waals surface area contributed by atoms with Gasteiger partial charge in [-0.3, -0.25) is 4.79 Å². The highest BCUT2D eigenvalue weighted by Gasteiger charge is 2.23. The van der Waals surface area contributed by atoms with Gasteiger partial charge in [-0.1, -0.05) is 30.1 Å². The quantitative estimate of drug-likeness (QED) is 0.878. The van der Waals surface area contributed by atoms with E-state index >= 15 is 0 Å². The number of hydrogen-bond acceptors (Lipinski definition) is 2. The lowest BCUT2D eigenvalue weighted by Crippen LogP contribution is -2.48. The predicted molar refractivity (Wildman–Crippen MR) is 81.6 cm³/mol. The van der Waals surface area contributed by atoms with E-state index in [1.807, 2.05) is 0 Å². The van der Waals surface area contributed by atoms with Gasteiger partial charge in [-0.05, 0) is 43.6 Å². The van der Waals surface area contributed by atoms with Crippen LogP contribution in [0.2, 0.25) is 10.0 Å². The standard InChI is InChI=1S/C13H16Cl2N2O.ClH/c1-8-7-16-3-2-12(8)17-13(18)9-4-10(14)6-11(15)5-9;/h4-6,8,12,16H,2-3,7H2,1H3,(H,17,18);1H. The van der Waals surface area contributed by atoms with Crippen molar-refractivity contribution in [2.24, 2.45) is 5.92 Å². The van der Waals surface area contributed by atoms with Crippen molar-refractivity contribution in [2.45, 2.75) is 19.4 Å². The van der Waals surface area contributed by atoms with Gasteiger partial charge in [0.1, 0.15) is 0 Å². The van der Waals surface area contributed by atoms with Crippen LogP contribution in [0.3, 0.4) is 0 Å². The van der Waals surface area contributed by atoms with Crippen LogP contribution >= 0.6 is 35.6 Å². The normalized spacial score (nSPS) is 22.5. The minimum Gasteiger partial charge on any atom is -0.349 e. The molecule has 2 unspecified atom stereocenters. The molecule has 2 N–H and O–H groups in total. The van der Waals surface area contributed by atoms with Crippen LogP contribution < -0.4 is 10.6 Å². The van der Waals surface area contributed by atoms with Gasteiger partial charge in [-0.15, -0.1) is 12.4 Å². The van der Waals surface area contributed by atoms with E-state index in [0.717, 1.165) is 19.5 Å². The first-order valence-corrected chi connectivity index (χ1v) is 6.79. The Morgan fingerprint density at radius 2 is 1.95 bits per heavy atom. The average molecular weight is 324 g/mol. The Bertz CT molecular complexity index is 433. The zero-order chi connectivity index (χ0) is 13.1. The summed E-state index contributed by atoms with van der Waals surface area (Å²) in [6.45, 7) is 3.99. The van der Waals surface area contributed by atoms with E-state index in [1.54, 1.807) is 18.2 Å². The van der Waals surface area contributed by atoms with Crippen molar-refractivity contribution in [1.82, 2.24) is 10.6 Å². The van der Waals surface area contributed by atoms with Gasteiger partial charge in [0.25, 0.3) is 5.91 Å². The van der Waals surface area contributed by atoms with Gasteiger partial charge in [0.05, 0.1) is 0 Å². The zero-order valence-electron chi connectivity index (χ0n) is 10.6. The van der Waals surface area contributed by atoms with Crippen LogP contribution in [0.15, 0.2) is 18.2 Å². The third-order valence-electron chi connectivity index (χ3n) is 3.23. The molecular formula is C13H17Cl3N2O. The van der Waals surface area contributed by atoms with Gasteiger partial charge in [0, 0.05) is 21.7 Å². The summed E-state index contributed by atoms with van der Waals surface area (Å²) in [6.07, 6.45) is 0.946. The largest absolute Gasteiger partial charge is 0.349 e. The molecule has 1 aliphatic rings. The van der Waals surface area contributed by atoms with Gasteiger partial charge in [0.2, 0.25) is 0 Å². The predicted octanol–water partition coefficient (Wildman–Crippen LogP) is 3.14. The summed E-state index contributed by atoms with van der Waals surface area (Å²) in [6, 6.07) is 5.09. The maximum Gasteiger partial charge on any atom is 0.251 e. The van der Waals surface area contributed by atoms with E-state index in [0.29, 0.717) is 21.5 Å². The molecule has 0 spiro atoms. The van der Waals surface area contributed by atoms with Crippen molar-refractivity contribution in [1.29, 1.82) is 0 Å². The molecule has 106 valence electrons. The summed E-state index contributed by atoms with van der Waals surface area (Å²) in [5.74, 6) is 0.315. The van der Waals surface area contributed by atoms with Crippen LogP contribution in [-0.4, -0.2) is 25.0 Å². The molecule has 2 atom stereocenters. The fourth-order valence-corrected chi connectivity index (χ4v) is 2.69. The second-order valence-electron chi connectivity index (χ2n) is 4.71. The molecule has 6 heteroatoms. The summed E-state index contributed by atoms with van der Waals surface area (Å²) in [5, 5.41) is 7.30. The fourth-order valence-electron chi connectivity index (χ4n) is 2.17. The summed E-state index contributed by atoms with van der Waals surface area (Å²) in [5.41, 5.74) is 0.512. The van der Waals surface area contributed by atoms with E-state index in [2.05, 4.69) is 17.6 Å². The average Bonchev–Trinajstić information content (AvgIpc) is 2.31. The summed E-state index contributed by atoms with van der Waals surface area (Å²) >= 11 is 11.8. The van der Waals surface area contributed by atoms with E-state index in [4.69, 9.17) is 23.2 Å². The topological polar surface area (TPSA) is 41.1 Å².